The molecule has 180 valence electrons. The Bertz CT molecular complexity index is 1330. The molecule has 1 aromatic heterocycles. The number of nitrogens with two attached hydrogens (primary N) is 1. The van der Waals surface area contributed by atoms with Gasteiger partial charge in [0.25, 0.3) is 5.91 Å². The van der Waals surface area contributed by atoms with Crippen LogP contribution in [0, 0.1) is 5.82 Å². The van der Waals surface area contributed by atoms with Crippen LogP contribution in [0.3, 0.4) is 0 Å². The Labute approximate surface area is 204 Å². The summed E-state index contributed by atoms with van der Waals surface area (Å²) < 4.78 is 15.2. The first-order valence-electron chi connectivity index (χ1n) is 11.7. The maximum absolute atomic E-state index is 13.5. The van der Waals surface area contributed by atoms with E-state index < -0.39 is 0 Å². The molecule has 0 atom stereocenters. The first-order valence-corrected chi connectivity index (χ1v) is 11.7. The average molecular weight is 473 g/mol. The van der Waals surface area contributed by atoms with E-state index >= 15 is 0 Å². The standard InChI is InChI=1S/C28H29FN4O2/c1-32-24-16-15-21(29)18-20(24)19-26(32)28(35)31-17-9-3-6-14-27(34)33(22-10-4-2-5-11-22)25-13-8-7-12-23(25)30/h2,4-5,7-8,10-13,15-16,18-19H,3,6,9,14,17,30H2,1H3,(H,31,35). The van der Waals surface area contributed by atoms with E-state index in [4.69, 9.17) is 5.73 Å². The second-order valence-electron chi connectivity index (χ2n) is 8.48. The number of aromatic nitrogens is 1. The second kappa shape index (κ2) is 10.9. The highest BCUT2D eigenvalue weighted by atomic mass is 19.1. The lowest BCUT2D eigenvalue weighted by Gasteiger charge is -2.24. The van der Waals surface area contributed by atoms with Crippen molar-refractivity contribution >= 4 is 39.8 Å². The molecule has 4 aromatic rings. The number of benzene rings is 3. The highest BCUT2D eigenvalue weighted by Crippen LogP contribution is 2.31. The molecule has 35 heavy (non-hydrogen) atoms. The van der Waals surface area contributed by atoms with Gasteiger partial charge in [0.1, 0.15) is 11.5 Å². The average Bonchev–Trinajstić information content (AvgIpc) is 3.18. The van der Waals surface area contributed by atoms with Crippen LogP contribution < -0.4 is 16.0 Å². The number of halogens is 1. The fraction of sp³-hybridized carbons (Fsp3) is 0.214. The van der Waals surface area contributed by atoms with Gasteiger partial charge in [-0.05, 0) is 61.4 Å². The quantitative estimate of drug-likeness (QED) is 0.247. The van der Waals surface area contributed by atoms with Gasteiger partial charge in [0, 0.05) is 36.6 Å². The lowest BCUT2D eigenvalue weighted by molar-refractivity contribution is -0.118. The van der Waals surface area contributed by atoms with E-state index in [-0.39, 0.29) is 17.6 Å². The van der Waals surface area contributed by atoms with Gasteiger partial charge in [-0.3, -0.25) is 14.5 Å². The molecule has 1 heterocycles. The Morgan fingerprint density at radius 1 is 0.943 bits per heavy atom. The van der Waals surface area contributed by atoms with Crippen molar-refractivity contribution in [3.05, 3.63) is 90.4 Å². The zero-order valence-corrected chi connectivity index (χ0v) is 19.7. The van der Waals surface area contributed by atoms with Crippen molar-refractivity contribution in [1.29, 1.82) is 0 Å². The van der Waals surface area contributed by atoms with Gasteiger partial charge in [0.15, 0.2) is 0 Å². The van der Waals surface area contributed by atoms with Crippen LogP contribution in [-0.4, -0.2) is 22.9 Å². The van der Waals surface area contributed by atoms with Gasteiger partial charge < -0.3 is 15.6 Å². The van der Waals surface area contributed by atoms with E-state index in [9.17, 15) is 14.0 Å². The van der Waals surface area contributed by atoms with Crippen molar-refractivity contribution in [3.63, 3.8) is 0 Å². The molecule has 0 saturated carbocycles. The van der Waals surface area contributed by atoms with E-state index in [0.717, 1.165) is 24.0 Å². The number of fused-ring (bicyclic) bond motifs is 1. The second-order valence-corrected chi connectivity index (χ2v) is 8.48. The SMILES string of the molecule is Cn1c(C(=O)NCCCCCC(=O)N(c2ccccc2)c2ccccc2N)cc2cc(F)ccc21. The Morgan fingerprint density at radius 2 is 1.69 bits per heavy atom. The van der Waals surface area contributed by atoms with Crippen molar-refractivity contribution < 1.29 is 14.0 Å². The summed E-state index contributed by atoms with van der Waals surface area (Å²) >= 11 is 0. The van der Waals surface area contributed by atoms with Gasteiger partial charge >= 0.3 is 0 Å². The maximum Gasteiger partial charge on any atom is 0.267 e. The van der Waals surface area contributed by atoms with E-state index in [1.807, 2.05) is 48.5 Å². The molecule has 0 fully saturated rings. The number of carbonyl (C=O) groups excluding carboxylic acids is 2. The first-order chi connectivity index (χ1) is 17.0. The molecule has 0 aliphatic carbocycles. The molecular formula is C28H29FN4O2. The van der Waals surface area contributed by atoms with E-state index in [2.05, 4.69) is 5.32 Å². The third-order valence-corrected chi connectivity index (χ3v) is 6.03. The van der Waals surface area contributed by atoms with Gasteiger partial charge in [-0.25, -0.2) is 4.39 Å². The molecule has 0 unspecified atom stereocenters. The molecule has 0 bridgehead atoms. The van der Waals surface area contributed by atoms with Crippen molar-refractivity contribution in [3.8, 4) is 0 Å². The molecule has 0 spiro atoms. The fourth-order valence-corrected chi connectivity index (χ4v) is 4.21. The lowest BCUT2D eigenvalue weighted by Crippen LogP contribution is -2.27. The monoisotopic (exact) mass is 472 g/mol. The number of nitrogens with one attached hydrogen (secondary N) is 1. The lowest BCUT2D eigenvalue weighted by atomic mass is 10.1. The number of carbonyl (C=O) groups is 2. The summed E-state index contributed by atoms with van der Waals surface area (Å²) in [6.07, 6.45) is 2.60. The molecule has 0 saturated heterocycles. The number of nitrogens with zero attached hydrogens (tertiary/aromatic N) is 2. The summed E-state index contributed by atoms with van der Waals surface area (Å²) in [6, 6.07) is 23.0. The third-order valence-electron chi connectivity index (χ3n) is 6.03. The van der Waals surface area contributed by atoms with Crippen molar-refractivity contribution in [2.75, 3.05) is 17.2 Å². The number of rotatable bonds is 9. The number of amides is 2. The Hall–Kier alpha value is -4.13. The largest absolute Gasteiger partial charge is 0.397 e. The maximum atomic E-state index is 13.5. The van der Waals surface area contributed by atoms with Crippen molar-refractivity contribution in [1.82, 2.24) is 9.88 Å². The summed E-state index contributed by atoms with van der Waals surface area (Å²) in [5, 5.41) is 3.61. The molecule has 3 aromatic carbocycles. The molecular weight excluding hydrogens is 443 g/mol. The highest BCUT2D eigenvalue weighted by molar-refractivity contribution is 6.03. The number of hydrogen-bond acceptors (Lipinski definition) is 3. The van der Waals surface area contributed by atoms with Crippen LogP contribution in [-0.2, 0) is 11.8 Å². The van der Waals surface area contributed by atoms with Crippen LogP contribution in [0.5, 0.6) is 0 Å². The minimum Gasteiger partial charge on any atom is -0.397 e. The third kappa shape index (κ3) is 5.51. The molecule has 0 radical (unpaired) electrons. The number of anilines is 3. The number of unbranched alkanes of at least 4 members (excludes halogenated alkanes) is 2. The number of aryl methyl sites for hydroxylation is 1. The normalized spacial score (nSPS) is 10.9. The predicted molar refractivity (Wildman–Crippen MR) is 138 cm³/mol. The minimum atomic E-state index is -0.328. The van der Waals surface area contributed by atoms with Crippen molar-refractivity contribution in [2.24, 2.45) is 7.05 Å². The number of nitrogen functional groups attached to an aromatic ring is 1. The van der Waals surface area contributed by atoms with Gasteiger partial charge in [-0.2, -0.15) is 0 Å². The molecule has 0 aliphatic heterocycles. The Balaban J connectivity index is 1.29. The summed E-state index contributed by atoms with van der Waals surface area (Å²) in [7, 11) is 1.79. The molecule has 6 nitrogen and oxygen atoms in total. The molecule has 7 heteroatoms. The fourth-order valence-electron chi connectivity index (χ4n) is 4.21. The number of hydrogen-bond donors (Lipinski definition) is 2. The Kier molecular flexibility index (Phi) is 7.45. The van der Waals surface area contributed by atoms with Crippen LogP contribution in [0.25, 0.3) is 10.9 Å². The van der Waals surface area contributed by atoms with Crippen LogP contribution in [0.15, 0.2) is 78.9 Å². The van der Waals surface area contributed by atoms with Crippen LogP contribution in [0.2, 0.25) is 0 Å². The van der Waals surface area contributed by atoms with E-state index in [1.54, 1.807) is 34.7 Å². The summed E-state index contributed by atoms with van der Waals surface area (Å²) in [5.41, 5.74) is 9.44. The van der Waals surface area contributed by atoms with Gasteiger partial charge in [0.2, 0.25) is 5.91 Å². The zero-order chi connectivity index (χ0) is 24.8. The molecule has 4 rings (SSSR count). The molecule has 3 N–H and O–H groups in total. The first kappa shape index (κ1) is 24.0. The smallest absolute Gasteiger partial charge is 0.267 e. The summed E-state index contributed by atoms with van der Waals surface area (Å²) in [4.78, 5) is 27.4. The van der Waals surface area contributed by atoms with Gasteiger partial charge in [0.05, 0.1) is 11.4 Å². The minimum absolute atomic E-state index is 0.0270. The predicted octanol–water partition coefficient (Wildman–Crippen LogP) is 5.55. The van der Waals surface area contributed by atoms with E-state index in [1.165, 1.54) is 12.1 Å². The van der Waals surface area contributed by atoms with Crippen molar-refractivity contribution in [2.45, 2.75) is 25.7 Å². The molecule has 2 amide bonds. The zero-order valence-electron chi connectivity index (χ0n) is 19.7. The highest BCUT2D eigenvalue weighted by Gasteiger charge is 2.19. The van der Waals surface area contributed by atoms with Crippen LogP contribution >= 0.6 is 0 Å². The van der Waals surface area contributed by atoms with Crippen LogP contribution in [0.4, 0.5) is 21.5 Å². The van der Waals surface area contributed by atoms with Gasteiger partial charge in [-0.1, -0.05) is 36.8 Å². The molecule has 0 aliphatic rings. The summed E-state index contributed by atoms with van der Waals surface area (Å²) in [5.74, 6) is -0.554. The van der Waals surface area contributed by atoms with Crippen LogP contribution in [0.1, 0.15) is 36.2 Å². The van der Waals surface area contributed by atoms with E-state index in [0.29, 0.717) is 41.8 Å². The number of para-hydroxylation sites is 3. The topological polar surface area (TPSA) is 80.4 Å². The summed E-state index contributed by atoms with van der Waals surface area (Å²) in [6.45, 7) is 0.497. The van der Waals surface area contributed by atoms with Gasteiger partial charge in [-0.15, -0.1) is 0 Å². The Morgan fingerprint density at radius 3 is 2.46 bits per heavy atom.